The molecule has 0 spiro atoms. The van der Waals surface area contributed by atoms with E-state index in [2.05, 4.69) is 10.3 Å². The highest BCUT2D eigenvalue weighted by molar-refractivity contribution is 7.18. The lowest BCUT2D eigenvalue weighted by Gasteiger charge is -2.23. The van der Waals surface area contributed by atoms with Gasteiger partial charge in [0.1, 0.15) is 10.5 Å². The SMILES string of the molecule is CC(C)C[C@@]1(C)NC(=O)N(Cc2nc3ccccc3s2)C1=O. The molecule has 1 fully saturated rings. The second kappa shape index (κ2) is 5.35. The number of rotatable bonds is 4. The molecular formula is C16H19N3O2S. The number of thiazole rings is 1. The molecule has 116 valence electrons. The highest BCUT2D eigenvalue weighted by atomic mass is 32.1. The summed E-state index contributed by atoms with van der Waals surface area (Å²) in [5.41, 5.74) is 0.0987. The summed E-state index contributed by atoms with van der Waals surface area (Å²) in [7, 11) is 0. The van der Waals surface area contributed by atoms with Crippen LogP contribution in [0.1, 0.15) is 32.2 Å². The largest absolute Gasteiger partial charge is 0.325 e. The third kappa shape index (κ3) is 2.59. The van der Waals surface area contributed by atoms with E-state index < -0.39 is 5.54 Å². The smallest absolute Gasteiger partial charge is 0.323 e. The van der Waals surface area contributed by atoms with Gasteiger partial charge in [0.05, 0.1) is 16.8 Å². The van der Waals surface area contributed by atoms with E-state index in [1.807, 2.05) is 38.1 Å². The average Bonchev–Trinajstić information content (AvgIpc) is 2.92. The molecular weight excluding hydrogens is 298 g/mol. The summed E-state index contributed by atoms with van der Waals surface area (Å²) < 4.78 is 1.06. The average molecular weight is 317 g/mol. The van der Waals surface area contributed by atoms with Crippen molar-refractivity contribution in [3.05, 3.63) is 29.3 Å². The van der Waals surface area contributed by atoms with Crippen LogP contribution in [0.4, 0.5) is 4.79 Å². The standard InChI is InChI=1S/C16H19N3O2S/c1-10(2)8-16(3)14(20)19(15(21)18-16)9-13-17-11-6-4-5-7-12(11)22-13/h4-7,10H,8-9H2,1-3H3,(H,18,21)/t16-/m1/s1. The molecule has 22 heavy (non-hydrogen) atoms. The van der Waals surface area contributed by atoms with Crippen molar-refractivity contribution in [1.29, 1.82) is 0 Å². The van der Waals surface area contributed by atoms with E-state index in [0.29, 0.717) is 12.3 Å². The quantitative estimate of drug-likeness (QED) is 0.881. The summed E-state index contributed by atoms with van der Waals surface area (Å²) in [4.78, 5) is 30.6. The first-order chi connectivity index (χ1) is 10.4. The number of amides is 3. The first-order valence-corrected chi connectivity index (χ1v) is 8.19. The van der Waals surface area contributed by atoms with E-state index in [9.17, 15) is 9.59 Å². The molecule has 0 bridgehead atoms. The maximum atomic E-state index is 12.6. The van der Waals surface area contributed by atoms with Crippen LogP contribution in [0, 0.1) is 5.92 Å². The Bertz CT molecular complexity index is 707. The summed E-state index contributed by atoms with van der Waals surface area (Å²) in [6.45, 7) is 6.12. The van der Waals surface area contributed by atoms with Crippen molar-refractivity contribution in [3.8, 4) is 0 Å². The first kappa shape index (κ1) is 15.0. The highest BCUT2D eigenvalue weighted by Crippen LogP contribution is 2.28. The zero-order valence-corrected chi connectivity index (χ0v) is 13.7. The number of nitrogens with zero attached hydrogens (tertiary/aromatic N) is 2. The molecule has 1 saturated heterocycles. The van der Waals surface area contributed by atoms with Crippen LogP contribution < -0.4 is 5.32 Å². The maximum absolute atomic E-state index is 12.6. The number of nitrogens with one attached hydrogen (secondary N) is 1. The number of aromatic nitrogens is 1. The van der Waals surface area contributed by atoms with E-state index in [0.717, 1.165) is 15.2 Å². The number of benzene rings is 1. The normalized spacial score (nSPS) is 21.9. The van der Waals surface area contributed by atoms with Gasteiger partial charge in [0, 0.05) is 0 Å². The van der Waals surface area contributed by atoms with Gasteiger partial charge in [-0.2, -0.15) is 0 Å². The number of para-hydroxylation sites is 1. The van der Waals surface area contributed by atoms with Crippen LogP contribution in [0.3, 0.4) is 0 Å². The molecule has 0 aliphatic carbocycles. The number of imide groups is 1. The molecule has 1 aromatic heterocycles. The Balaban J connectivity index is 1.83. The van der Waals surface area contributed by atoms with Gasteiger partial charge >= 0.3 is 6.03 Å². The fraction of sp³-hybridized carbons (Fsp3) is 0.438. The molecule has 1 aromatic carbocycles. The summed E-state index contributed by atoms with van der Waals surface area (Å²) in [5, 5.41) is 3.61. The van der Waals surface area contributed by atoms with Gasteiger partial charge in [-0.1, -0.05) is 26.0 Å². The van der Waals surface area contributed by atoms with Gasteiger partial charge in [0.25, 0.3) is 5.91 Å². The van der Waals surface area contributed by atoms with Gasteiger partial charge < -0.3 is 5.32 Å². The second-order valence-corrected chi connectivity index (χ2v) is 7.44. The highest BCUT2D eigenvalue weighted by Gasteiger charge is 2.47. The molecule has 0 saturated carbocycles. The molecule has 0 unspecified atom stereocenters. The van der Waals surface area contributed by atoms with Crippen molar-refractivity contribution >= 4 is 33.5 Å². The number of urea groups is 1. The van der Waals surface area contributed by atoms with Crippen molar-refractivity contribution in [3.63, 3.8) is 0 Å². The minimum absolute atomic E-state index is 0.162. The third-order valence-corrected chi connectivity index (χ3v) is 4.81. The fourth-order valence-corrected chi connectivity index (χ4v) is 3.92. The Morgan fingerprint density at radius 1 is 1.32 bits per heavy atom. The molecule has 1 aliphatic heterocycles. The van der Waals surface area contributed by atoms with Crippen molar-refractivity contribution in [2.45, 2.75) is 39.3 Å². The Morgan fingerprint density at radius 2 is 2.05 bits per heavy atom. The first-order valence-electron chi connectivity index (χ1n) is 7.37. The van der Waals surface area contributed by atoms with Gasteiger partial charge in [0.15, 0.2) is 0 Å². The Kier molecular flexibility index (Phi) is 3.64. The minimum Gasteiger partial charge on any atom is -0.323 e. The van der Waals surface area contributed by atoms with Crippen molar-refractivity contribution in [2.75, 3.05) is 0 Å². The molecule has 2 heterocycles. The van der Waals surface area contributed by atoms with Gasteiger partial charge in [-0.15, -0.1) is 11.3 Å². The van der Waals surface area contributed by atoms with Crippen LogP contribution in [-0.2, 0) is 11.3 Å². The molecule has 3 amide bonds. The molecule has 2 aromatic rings. The van der Waals surface area contributed by atoms with Crippen LogP contribution in [-0.4, -0.2) is 27.4 Å². The molecule has 3 rings (SSSR count). The molecule has 1 aliphatic rings. The minimum atomic E-state index is -0.804. The van der Waals surface area contributed by atoms with Gasteiger partial charge in [-0.3, -0.25) is 9.69 Å². The summed E-state index contributed by atoms with van der Waals surface area (Å²) in [6.07, 6.45) is 0.633. The zero-order chi connectivity index (χ0) is 15.9. The Hall–Kier alpha value is -1.95. The number of carbonyl (C=O) groups excluding carboxylic acids is 2. The number of carbonyl (C=O) groups is 2. The third-order valence-electron chi connectivity index (χ3n) is 3.79. The van der Waals surface area contributed by atoms with Crippen molar-refractivity contribution < 1.29 is 9.59 Å². The molecule has 5 nitrogen and oxygen atoms in total. The van der Waals surface area contributed by atoms with Gasteiger partial charge in [-0.25, -0.2) is 9.78 Å². The van der Waals surface area contributed by atoms with Crippen LogP contribution in [0.2, 0.25) is 0 Å². The van der Waals surface area contributed by atoms with Crippen LogP contribution in [0.15, 0.2) is 24.3 Å². The molecule has 0 radical (unpaired) electrons. The van der Waals surface area contributed by atoms with Gasteiger partial charge in [-0.05, 0) is 31.4 Å². The van der Waals surface area contributed by atoms with Crippen molar-refractivity contribution in [2.24, 2.45) is 5.92 Å². The fourth-order valence-electron chi connectivity index (χ4n) is 2.97. The lowest BCUT2D eigenvalue weighted by Crippen LogP contribution is -2.44. The number of hydrogen-bond donors (Lipinski definition) is 1. The zero-order valence-electron chi connectivity index (χ0n) is 12.9. The Labute approximate surface area is 133 Å². The number of hydrogen-bond acceptors (Lipinski definition) is 4. The number of fused-ring (bicyclic) bond motifs is 1. The predicted octanol–water partition coefficient (Wildman–Crippen LogP) is 3.15. The molecule has 6 heteroatoms. The lowest BCUT2D eigenvalue weighted by atomic mass is 9.91. The Morgan fingerprint density at radius 3 is 2.73 bits per heavy atom. The van der Waals surface area contributed by atoms with Gasteiger partial charge in [0.2, 0.25) is 0 Å². The van der Waals surface area contributed by atoms with Crippen LogP contribution >= 0.6 is 11.3 Å². The van der Waals surface area contributed by atoms with E-state index in [-0.39, 0.29) is 18.5 Å². The van der Waals surface area contributed by atoms with Crippen LogP contribution in [0.25, 0.3) is 10.2 Å². The monoisotopic (exact) mass is 317 g/mol. The maximum Gasteiger partial charge on any atom is 0.325 e. The molecule has 1 N–H and O–H groups in total. The van der Waals surface area contributed by atoms with Crippen molar-refractivity contribution in [1.82, 2.24) is 15.2 Å². The summed E-state index contributed by atoms with van der Waals surface area (Å²) in [5.74, 6) is 0.169. The predicted molar refractivity (Wildman–Crippen MR) is 86.6 cm³/mol. The lowest BCUT2D eigenvalue weighted by molar-refractivity contribution is -0.131. The van der Waals surface area contributed by atoms with E-state index >= 15 is 0 Å². The van der Waals surface area contributed by atoms with E-state index in [1.165, 1.54) is 16.2 Å². The summed E-state index contributed by atoms with van der Waals surface area (Å²) in [6, 6.07) is 7.49. The topological polar surface area (TPSA) is 62.3 Å². The summed E-state index contributed by atoms with van der Waals surface area (Å²) >= 11 is 1.52. The molecule has 1 atom stereocenters. The van der Waals surface area contributed by atoms with E-state index in [4.69, 9.17) is 0 Å². The second-order valence-electron chi connectivity index (χ2n) is 6.33. The van der Waals surface area contributed by atoms with E-state index in [1.54, 1.807) is 6.92 Å². The van der Waals surface area contributed by atoms with Crippen LogP contribution in [0.5, 0.6) is 0 Å².